The Morgan fingerprint density at radius 3 is 2.48 bits per heavy atom. The average Bonchev–Trinajstić information content (AvgIpc) is 2.60. The first-order chi connectivity index (χ1) is 13.9. The first-order valence-corrected chi connectivity index (χ1v) is 9.16. The molecule has 2 rings (SSSR count). The zero-order valence-corrected chi connectivity index (χ0v) is 15.0. The maximum absolute atomic E-state index is 12.3. The number of methoxy groups -OCH3 is 1. The number of nitrogens with one attached hydrogen (secondary N) is 4. The van der Waals surface area contributed by atoms with E-state index in [1.165, 1.54) is 18.2 Å². The number of benzene rings is 1. The highest BCUT2D eigenvalue weighted by molar-refractivity contribution is 7.92. The lowest BCUT2D eigenvalue weighted by atomic mass is 10.2. The van der Waals surface area contributed by atoms with Crippen LogP contribution < -0.4 is 20.7 Å². The second-order valence-electron chi connectivity index (χ2n) is 5.11. The van der Waals surface area contributed by atoms with Crippen molar-refractivity contribution in [2.24, 2.45) is 0 Å². The summed E-state index contributed by atoms with van der Waals surface area (Å²) < 4.78 is 51.5. The molecule has 0 aliphatic rings. The molecule has 0 spiro atoms. The van der Waals surface area contributed by atoms with E-state index < -0.39 is 34.7 Å². The summed E-state index contributed by atoms with van der Waals surface area (Å²) in [6.07, 6.45) is 0.111. The van der Waals surface area contributed by atoms with Gasteiger partial charge in [0, 0.05) is 17.2 Å². The van der Waals surface area contributed by atoms with Gasteiger partial charge in [0.1, 0.15) is 0 Å². The van der Waals surface area contributed by atoms with E-state index in [4.69, 9.17) is 4.11 Å². The Morgan fingerprint density at radius 2 is 1.85 bits per heavy atom. The standard InChI is InChI=1S/C15H18N6O5S/c1-16-14(22)13-11(8-12(19-20-13)18-15(23)26-2)17-9-6-4-5-7-10(9)21-27(3,24)25/h4-8,21H,1-3H3,(H,16,22)(H2,17,18,19,23)/i1D3. The Balaban J connectivity index is 2.49. The van der Waals surface area contributed by atoms with Crippen LogP contribution >= 0.6 is 0 Å². The zero-order chi connectivity index (χ0) is 22.5. The average molecular weight is 397 g/mol. The highest BCUT2D eigenvalue weighted by atomic mass is 32.2. The van der Waals surface area contributed by atoms with Crippen LogP contribution in [0.2, 0.25) is 0 Å². The molecule has 0 saturated carbocycles. The number of carbonyl (C=O) groups is 2. The van der Waals surface area contributed by atoms with Gasteiger partial charge in [0.2, 0.25) is 10.0 Å². The van der Waals surface area contributed by atoms with Gasteiger partial charge in [-0.15, -0.1) is 10.2 Å². The fourth-order valence-corrected chi connectivity index (χ4v) is 2.53. The third-order valence-electron chi connectivity index (χ3n) is 3.03. The molecule has 0 saturated heterocycles. The van der Waals surface area contributed by atoms with Crippen LogP contribution in [-0.2, 0) is 14.8 Å². The fraction of sp³-hybridized carbons (Fsp3) is 0.200. The zero-order valence-electron chi connectivity index (χ0n) is 17.2. The van der Waals surface area contributed by atoms with Crippen LogP contribution in [0.1, 0.15) is 14.6 Å². The molecule has 11 nitrogen and oxygen atoms in total. The number of amides is 2. The van der Waals surface area contributed by atoms with Crippen LogP contribution in [0.3, 0.4) is 0 Å². The third kappa shape index (κ3) is 5.54. The van der Waals surface area contributed by atoms with E-state index in [9.17, 15) is 18.0 Å². The van der Waals surface area contributed by atoms with Crippen LogP contribution in [0, 0.1) is 0 Å². The molecule has 0 bridgehead atoms. The smallest absolute Gasteiger partial charge is 0.412 e. The van der Waals surface area contributed by atoms with Crippen molar-refractivity contribution in [1.29, 1.82) is 0 Å². The molecule has 0 unspecified atom stereocenters. The molecule has 0 aliphatic carbocycles. The number of carbonyl (C=O) groups excluding carboxylic acids is 2. The van der Waals surface area contributed by atoms with Gasteiger partial charge in [-0.1, -0.05) is 12.1 Å². The highest BCUT2D eigenvalue weighted by Crippen LogP contribution is 2.28. The van der Waals surface area contributed by atoms with Gasteiger partial charge in [0.05, 0.1) is 30.4 Å². The van der Waals surface area contributed by atoms with Crippen LogP contribution in [0.15, 0.2) is 30.3 Å². The molecule has 2 amide bonds. The molecule has 1 aromatic heterocycles. The van der Waals surface area contributed by atoms with E-state index in [-0.39, 0.29) is 22.9 Å². The number of para-hydroxylation sites is 2. The number of hydrogen-bond donors (Lipinski definition) is 4. The molecule has 4 N–H and O–H groups in total. The van der Waals surface area contributed by atoms with E-state index in [0.717, 1.165) is 13.4 Å². The van der Waals surface area contributed by atoms with Crippen LogP contribution in [0.25, 0.3) is 0 Å². The Labute approximate surface area is 159 Å². The second-order valence-corrected chi connectivity index (χ2v) is 6.86. The minimum atomic E-state index is -3.62. The van der Waals surface area contributed by atoms with E-state index in [0.29, 0.717) is 0 Å². The normalized spacial score (nSPS) is 12.7. The number of aromatic nitrogens is 2. The van der Waals surface area contributed by atoms with Crippen LogP contribution in [0.4, 0.5) is 27.7 Å². The summed E-state index contributed by atoms with van der Waals surface area (Å²) in [5.74, 6) is -1.17. The monoisotopic (exact) mass is 397 g/mol. The lowest BCUT2D eigenvalue weighted by Crippen LogP contribution is -2.22. The van der Waals surface area contributed by atoms with Crippen molar-refractivity contribution >= 4 is 44.9 Å². The van der Waals surface area contributed by atoms with Gasteiger partial charge in [-0.25, -0.2) is 13.2 Å². The van der Waals surface area contributed by atoms with Crippen LogP contribution in [0.5, 0.6) is 0 Å². The quantitative estimate of drug-likeness (QED) is 0.566. The number of anilines is 4. The summed E-state index contributed by atoms with van der Waals surface area (Å²) in [7, 11) is -2.48. The Kier molecular flexibility index (Phi) is 4.87. The molecule has 2 aromatic rings. The van der Waals surface area contributed by atoms with E-state index in [1.54, 1.807) is 17.4 Å². The van der Waals surface area contributed by atoms with Gasteiger partial charge in [0.25, 0.3) is 5.91 Å². The lowest BCUT2D eigenvalue weighted by Gasteiger charge is -2.15. The first-order valence-electron chi connectivity index (χ1n) is 8.77. The number of ether oxygens (including phenoxy) is 1. The van der Waals surface area contributed by atoms with Gasteiger partial charge in [-0.3, -0.25) is 14.8 Å². The summed E-state index contributed by atoms with van der Waals surface area (Å²) in [5.41, 5.74) is -0.0825. The Morgan fingerprint density at radius 1 is 1.15 bits per heavy atom. The number of sulfonamides is 1. The van der Waals surface area contributed by atoms with Crippen molar-refractivity contribution in [2.45, 2.75) is 0 Å². The molecule has 27 heavy (non-hydrogen) atoms. The predicted molar refractivity (Wildman–Crippen MR) is 99.6 cm³/mol. The SMILES string of the molecule is [2H]C([2H])([2H])NC(=O)c1nnc(NC(=O)OC)cc1Nc1ccccc1NS(C)(=O)=O. The Bertz CT molecular complexity index is 1060. The molecule has 0 atom stereocenters. The van der Waals surface area contributed by atoms with Crippen molar-refractivity contribution in [1.82, 2.24) is 15.5 Å². The fourth-order valence-electron chi connectivity index (χ4n) is 1.96. The number of rotatable bonds is 6. The van der Waals surface area contributed by atoms with Crippen molar-refractivity contribution < 1.29 is 26.9 Å². The van der Waals surface area contributed by atoms with Gasteiger partial charge >= 0.3 is 6.09 Å². The molecular formula is C15H18N6O5S. The number of hydrogen-bond acceptors (Lipinski definition) is 8. The topological polar surface area (TPSA) is 151 Å². The first kappa shape index (κ1) is 15.8. The van der Waals surface area contributed by atoms with Gasteiger partial charge < -0.3 is 15.4 Å². The molecule has 0 radical (unpaired) electrons. The summed E-state index contributed by atoms with van der Waals surface area (Å²) in [4.78, 5) is 23.8. The van der Waals surface area contributed by atoms with Crippen molar-refractivity contribution in [3.8, 4) is 0 Å². The third-order valence-corrected chi connectivity index (χ3v) is 3.62. The molecule has 0 fully saturated rings. The summed E-state index contributed by atoms with van der Waals surface area (Å²) in [6, 6.07) is 7.35. The summed E-state index contributed by atoms with van der Waals surface area (Å²) in [5, 5.41) is 14.1. The predicted octanol–water partition coefficient (Wildman–Crippen LogP) is 1.13. The molecule has 0 aliphatic heterocycles. The molecule has 1 aromatic carbocycles. The maximum Gasteiger partial charge on any atom is 0.412 e. The molecule has 144 valence electrons. The maximum atomic E-state index is 12.3. The number of nitrogens with zero attached hydrogens (tertiary/aromatic N) is 2. The van der Waals surface area contributed by atoms with Crippen molar-refractivity contribution in [3.63, 3.8) is 0 Å². The minimum Gasteiger partial charge on any atom is -0.453 e. The summed E-state index contributed by atoms with van der Waals surface area (Å²) >= 11 is 0. The highest BCUT2D eigenvalue weighted by Gasteiger charge is 2.17. The van der Waals surface area contributed by atoms with Crippen LogP contribution in [-0.4, -0.2) is 51.0 Å². The second kappa shape index (κ2) is 8.31. The van der Waals surface area contributed by atoms with Gasteiger partial charge in [0.15, 0.2) is 11.5 Å². The lowest BCUT2D eigenvalue weighted by molar-refractivity contribution is 0.0958. The van der Waals surface area contributed by atoms with Crippen molar-refractivity contribution in [3.05, 3.63) is 36.0 Å². The molecular weight excluding hydrogens is 376 g/mol. The molecule has 1 heterocycles. The van der Waals surface area contributed by atoms with E-state index in [1.807, 2.05) is 0 Å². The van der Waals surface area contributed by atoms with Gasteiger partial charge in [-0.2, -0.15) is 0 Å². The van der Waals surface area contributed by atoms with E-state index >= 15 is 0 Å². The largest absolute Gasteiger partial charge is 0.453 e. The Hall–Kier alpha value is -3.41. The molecule has 12 heteroatoms. The van der Waals surface area contributed by atoms with Gasteiger partial charge in [-0.05, 0) is 12.1 Å². The summed E-state index contributed by atoms with van der Waals surface area (Å²) in [6.45, 7) is -2.78. The van der Waals surface area contributed by atoms with Crippen molar-refractivity contribution in [2.75, 3.05) is 35.7 Å². The minimum absolute atomic E-state index is 0.0547. The van der Waals surface area contributed by atoms with E-state index in [2.05, 4.69) is 30.3 Å².